The average molecular weight is 336 g/mol. The summed E-state index contributed by atoms with van der Waals surface area (Å²) in [5.41, 5.74) is 0.624. The third-order valence-electron chi connectivity index (χ3n) is 4.55. The second-order valence-corrected chi connectivity index (χ2v) is 6.60. The van der Waals surface area contributed by atoms with E-state index in [9.17, 15) is 9.59 Å². The van der Waals surface area contributed by atoms with E-state index < -0.39 is 0 Å². The van der Waals surface area contributed by atoms with Gasteiger partial charge in [0.05, 0.1) is 6.54 Å². The first-order chi connectivity index (χ1) is 11.1. The fourth-order valence-corrected chi connectivity index (χ4v) is 3.36. The number of halogens is 1. The zero-order chi connectivity index (χ0) is 16.2. The van der Waals surface area contributed by atoms with Gasteiger partial charge in [0, 0.05) is 49.9 Å². The molecule has 3 rings (SSSR count). The van der Waals surface area contributed by atoms with Crippen LogP contribution in [0, 0.1) is 0 Å². The molecule has 2 fully saturated rings. The summed E-state index contributed by atoms with van der Waals surface area (Å²) in [5.74, 6) is 0.232. The van der Waals surface area contributed by atoms with Gasteiger partial charge in [-0.2, -0.15) is 0 Å². The lowest BCUT2D eigenvalue weighted by Crippen LogP contribution is -2.51. The van der Waals surface area contributed by atoms with E-state index in [1.54, 1.807) is 24.3 Å². The van der Waals surface area contributed by atoms with Crippen LogP contribution in [0.5, 0.6) is 0 Å². The predicted octanol–water partition coefficient (Wildman–Crippen LogP) is 1.72. The van der Waals surface area contributed by atoms with Crippen molar-refractivity contribution in [3.8, 4) is 0 Å². The van der Waals surface area contributed by atoms with Crippen molar-refractivity contribution in [1.82, 2.24) is 14.7 Å². The van der Waals surface area contributed by atoms with Gasteiger partial charge in [-0.25, -0.2) is 0 Å². The summed E-state index contributed by atoms with van der Waals surface area (Å²) >= 11 is 5.95. The molecule has 0 atom stereocenters. The Labute approximate surface area is 141 Å². The van der Waals surface area contributed by atoms with E-state index >= 15 is 0 Å². The molecule has 1 aromatic carbocycles. The first-order valence-corrected chi connectivity index (χ1v) is 8.56. The maximum absolute atomic E-state index is 12.5. The summed E-state index contributed by atoms with van der Waals surface area (Å²) in [5, 5.41) is 0.575. The third kappa shape index (κ3) is 4.03. The minimum Gasteiger partial charge on any atom is -0.342 e. The minimum absolute atomic E-state index is 0.0121. The second-order valence-electron chi connectivity index (χ2n) is 6.17. The number of amides is 2. The van der Waals surface area contributed by atoms with Gasteiger partial charge in [0.2, 0.25) is 5.91 Å². The average Bonchev–Trinajstić information content (AvgIpc) is 3.09. The van der Waals surface area contributed by atoms with Crippen LogP contribution in [-0.2, 0) is 4.79 Å². The standard InChI is InChI=1S/C17H22ClN3O2/c18-15-5-3-4-14(12-15)17(23)21-10-8-19(9-11-21)13-16(22)20-6-1-2-7-20/h3-5,12H,1-2,6-11,13H2. The monoisotopic (exact) mass is 335 g/mol. The fraction of sp³-hybridized carbons (Fsp3) is 0.529. The van der Waals surface area contributed by atoms with Gasteiger partial charge in [-0.1, -0.05) is 17.7 Å². The Morgan fingerprint density at radius 1 is 0.957 bits per heavy atom. The van der Waals surface area contributed by atoms with Crippen molar-refractivity contribution in [3.63, 3.8) is 0 Å². The van der Waals surface area contributed by atoms with Gasteiger partial charge in [0.15, 0.2) is 0 Å². The number of hydrogen-bond donors (Lipinski definition) is 0. The summed E-state index contributed by atoms with van der Waals surface area (Å²) in [7, 11) is 0. The van der Waals surface area contributed by atoms with Crippen LogP contribution in [0.1, 0.15) is 23.2 Å². The Bertz CT molecular complexity index is 579. The van der Waals surface area contributed by atoms with Crippen molar-refractivity contribution in [2.75, 3.05) is 45.8 Å². The van der Waals surface area contributed by atoms with E-state index in [0.717, 1.165) is 39.0 Å². The Balaban J connectivity index is 1.50. The number of nitrogens with zero attached hydrogens (tertiary/aromatic N) is 3. The molecule has 0 radical (unpaired) electrons. The summed E-state index contributed by atoms with van der Waals surface area (Å²) in [6, 6.07) is 7.05. The number of likely N-dealkylation sites (tertiary alicyclic amines) is 1. The van der Waals surface area contributed by atoms with E-state index in [4.69, 9.17) is 11.6 Å². The molecule has 1 aromatic rings. The Hall–Kier alpha value is -1.59. The van der Waals surface area contributed by atoms with Gasteiger partial charge in [-0.3, -0.25) is 14.5 Å². The van der Waals surface area contributed by atoms with E-state index in [-0.39, 0.29) is 11.8 Å². The Morgan fingerprint density at radius 2 is 1.65 bits per heavy atom. The molecule has 2 amide bonds. The van der Waals surface area contributed by atoms with Gasteiger partial charge >= 0.3 is 0 Å². The van der Waals surface area contributed by atoms with Crippen LogP contribution in [0.15, 0.2) is 24.3 Å². The van der Waals surface area contributed by atoms with Crippen LogP contribution in [0.25, 0.3) is 0 Å². The lowest BCUT2D eigenvalue weighted by atomic mass is 10.2. The number of benzene rings is 1. The van der Waals surface area contributed by atoms with Crippen molar-refractivity contribution < 1.29 is 9.59 Å². The molecule has 6 heteroatoms. The van der Waals surface area contributed by atoms with Crippen LogP contribution < -0.4 is 0 Å². The van der Waals surface area contributed by atoms with Crippen LogP contribution in [-0.4, -0.2) is 72.3 Å². The number of rotatable bonds is 3. The van der Waals surface area contributed by atoms with Crippen LogP contribution >= 0.6 is 11.6 Å². The molecule has 0 aromatic heterocycles. The van der Waals surface area contributed by atoms with E-state index in [1.165, 1.54) is 0 Å². The van der Waals surface area contributed by atoms with Gasteiger partial charge in [-0.05, 0) is 31.0 Å². The minimum atomic E-state index is 0.0121. The summed E-state index contributed by atoms with van der Waals surface area (Å²) < 4.78 is 0. The zero-order valence-corrected chi connectivity index (χ0v) is 14.0. The lowest BCUT2D eigenvalue weighted by Gasteiger charge is -2.35. The molecule has 2 heterocycles. The van der Waals surface area contributed by atoms with Crippen molar-refractivity contribution in [2.24, 2.45) is 0 Å². The van der Waals surface area contributed by atoms with E-state index in [0.29, 0.717) is 30.2 Å². The van der Waals surface area contributed by atoms with Gasteiger partial charge in [0.1, 0.15) is 0 Å². The molecule has 2 saturated heterocycles. The summed E-state index contributed by atoms with van der Waals surface area (Å²) in [6.45, 7) is 5.05. The van der Waals surface area contributed by atoms with Crippen LogP contribution in [0.3, 0.4) is 0 Å². The smallest absolute Gasteiger partial charge is 0.253 e. The predicted molar refractivity (Wildman–Crippen MR) is 89.6 cm³/mol. The highest BCUT2D eigenvalue weighted by atomic mass is 35.5. The highest BCUT2D eigenvalue weighted by molar-refractivity contribution is 6.30. The van der Waals surface area contributed by atoms with Crippen molar-refractivity contribution >= 4 is 23.4 Å². The first kappa shape index (κ1) is 16.3. The number of hydrogen-bond acceptors (Lipinski definition) is 3. The molecule has 23 heavy (non-hydrogen) atoms. The van der Waals surface area contributed by atoms with Crippen molar-refractivity contribution in [2.45, 2.75) is 12.8 Å². The molecule has 0 spiro atoms. The molecule has 2 aliphatic rings. The lowest BCUT2D eigenvalue weighted by molar-refractivity contribution is -0.131. The van der Waals surface area contributed by atoms with Crippen LogP contribution in [0.4, 0.5) is 0 Å². The molecule has 124 valence electrons. The second kappa shape index (κ2) is 7.32. The van der Waals surface area contributed by atoms with Crippen LogP contribution in [0.2, 0.25) is 5.02 Å². The number of carbonyl (C=O) groups is 2. The molecule has 5 nitrogen and oxygen atoms in total. The molecule has 0 saturated carbocycles. The van der Waals surface area contributed by atoms with Gasteiger partial charge < -0.3 is 9.80 Å². The quantitative estimate of drug-likeness (QED) is 0.845. The molecular formula is C17H22ClN3O2. The normalized spacial score (nSPS) is 19.2. The molecule has 0 N–H and O–H groups in total. The first-order valence-electron chi connectivity index (χ1n) is 8.18. The maximum Gasteiger partial charge on any atom is 0.253 e. The number of piperazine rings is 1. The SMILES string of the molecule is O=C(CN1CCN(C(=O)c2cccc(Cl)c2)CC1)N1CCCC1. The molecule has 0 unspecified atom stereocenters. The fourth-order valence-electron chi connectivity index (χ4n) is 3.17. The molecule has 0 bridgehead atoms. The van der Waals surface area contributed by atoms with E-state index in [1.807, 2.05) is 9.80 Å². The van der Waals surface area contributed by atoms with Crippen molar-refractivity contribution in [1.29, 1.82) is 0 Å². The Kier molecular flexibility index (Phi) is 5.18. The largest absolute Gasteiger partial charge is 0.342 e. The summed E-state index contributed by atoms with van der Waals surface area (Å²) in [6.07, 6.45) is 2.24. The number of carbonyl (C=O) groups excluding carboxylic acids is 2. The highest BCUT2D eigenvalue weighted by Crippen LogP contribution is 2.14. The van der Waals surface area contributed by atoms with Gasteiger partial charge in [0.25, 0.3) is 5.91 Å². The third-order valence-corrected chi connectivity index (χ3v) is 4.78. The van der Waals surface area contributed by atoms with Gasteiger partial charge in [-0.15, -0.1) is 0 Å². The maximum atomic E-state index is 12.5. The highest BCUT2D eigenvalue weighted by Gasteiger charge is 2.25. The van der Waals surface area contributed by atoms with Crippen molar-refractivity contribution in [3.05, 3.63) is 34.9 Å². The zero-order valence-electron chi connectivity index (χ0n) is 13.2. The topological polar surface area (TPSA) is 43.9 Å². The Morgan fingerprint density at radius 3 is 2.30 bits per heavy atom. The molecular weight excluding hydrogens is 314 g/mol. The van der Waals surface area contributed by atoms with E-state index in [2.05, 4.69) is 4.90 Å². The molecule has 2 aliphatic heterocycles. The molecule has 0 aliphatic carbocycles. The summed E-state index contributed by atoms with van der Waals surface area (Å²) in [4.78, 5) is 30.6.